The lowest BCUT2D eigenvalue weighted by molar-refractivity contribution is 0.0924. The van der Waals surface area contributed by atoms with E-state index in [1.54, 1.807) is 0 Å². The smallest absolute Gasteiger partial charge is 0.251 e. The van der Waals surface area contributed by atoms with Gasteiger partial charge in [0.15, 0.2) is 0 Å². The maximum absolute atomic E-state index is 12.5. The van der Waals surface area contributed by atoms with Crippen LogP contribution in [-0.4, -0.2) is 12.5 Å². The lowest BCUT2D eigenvalue weighted by Gasteiger charge is -2.26. The zero-order chi connectivity index (χ0) is 14.8. The molecule has 0 aliphatic carbocycles. The second-order valence-corrected chi connectivity index (χ2v) is 5.58. The van der Waals surface area contributed by atoms with Gasteiger partial charge in [0.05, 0.1) is 12.6 Å². The molecule has 0 saturated carbocycles. The highest BCUT2D eigenvalue weighted by molar-refractivity contribution is 5.94. The third kappa shape index (κ3) is 2.92. The molecule has 0 aromatic heterocycles. The molecule has 3 rings (SSSR count). The molecule has 2 aromatic rings. The van der Waals surface area contributed by atoms with E-state index >= 15 is 0 Å². The zero-order valence-corrected chi connectivity index (χ0v) is 12.3. The molecule has 0 radical (unpaired) electrons. The van der Waals surface area contributed by atoms with Crippen molar-refractivity contribution in [3.8, 4) is 5.75 Å². The molecule has 1 amide bonds. The number of rotatable bonds is 2. The first-order chi connectivity index (χ1) is 10.1. The highest BCUT2D eigenvalue weighted by Crippen LogP contribution is 2.31. The molecule has 1 aliphatic rings. The monoisotopic (exact) mass is 281 g/mol. The number of hydrogen-bond acceptors (Lipinski definition) is 2. The summed E-state index contributed by atoms with van der Waals surface area (Å²) in [5.41, 5.74) is 3.98. The van der Waals surface area contributed by atoms with Crippen LogP contribution in [0.25, 0.3) is 0 Å². The average Bonchev–Trinajstić information content (AvgIpc) is 2.46. The van der Waals surface area contributed by atoms with Crippen LogP contribution in [0.15, 0.2) is 42.5 Å². The van der Waals surface area contributed by atoms with E-state index < -0.39 is 0 Å². The van der Waals surface area contributed by atoms with E-state index in [2.05, 4.69) is 11.4 Å². The highest BCUT2D eigenvalue weighted by Gasteiger charge is 2.23. The molecule has 0 fully saturated rings. The molecule has 1 aliphatic heterocycles. The number of carbonyl (C=O) groups excluding carboxylic acids is 1. The maximum atomic E-state index is 12.5. The highest BCUT2D eigenvalue weighted by atomic mass is 16.5. The Bertz CT molecular complexity index is 658. The predicted molar refractivity (Wildman–Crippen MR) is 82.7 cm³/mol. The van der Waals surface area contributed by atoms with Gasteiger partial charge < -0.3 is 10.1 Å². The summed E-state index contributed by atoms with van der Waals surface area (Å²) < 4.78 is 5.63. The molecule has 2 aromatic carbocycles. The molecule has 3 nitrogen and oxygen atoms in total. The van der Waals surface area contributed by atoms with Gasteiger partial charge in [-0.05, 0) is 32.0 Å². The fourth-order valence-corrected chi connectivity index (χ4v) is 2.84. The van der Waals surface area contributed by atoms with Crippen molar-refractivity contribution in [3.63, 3.8) is 0 Å². The number of hydrogen-bond donors (Lipinski definition) is 1. The average molecular weight is 281 g/mol. The molecule has 1 unspecified atom stereocenters. The van der Waals surface area contributed by atoms with Crippen molar-refractivity contribution in [1.82, 2.24) is 5.32 Å². The topological polar surface area (TPSA) is 38.3 Å². The summed E-state index contributed by atoms with van der Waals surface area (Å²) in [6.45, 7) is 4.65. The van der Waals surface area contributed by atoms with Gasteiger partial charge in [0, 0.05) is 17.5 Å². The van der Waals surface area contributed by atoms with E-state index in [-0.39, 0.29) is 11.9 Å². The summed E-state index contributed by atoms with van der Waals surface area (Å²) in [5, 5.41) is 3.13. The van der Waals surface area contributed by atoms with Crippen molar-refractivity contribution in [2.45, 2.75) is 26.3 Å². The standard InChI is InChI=1S/C18H19NO2/c1-12-9-13(2)11-14(10-12)18(20)19-16-7-8-21-17-6-4-3-5-15(16)17/h3-6,9-11,16H,7-8H2,1-2H3,(H,19,20). The van der Waals surface area contributed by atoms with Crippen LogP contribution in [0, 0.1) is 13.8 Å². The van der Waals surface area contributed by atoms with E-state index in [9.17, 15) is 4.79 Å². The van der Waals surface area contributed by atoms with Gasteiger partial charge in [0.1, 0.15) is 5.75 Å². The fourth-order valence-electron chi connectivity index (χ4n) is 2.84. The lowest BCUT2D eigenvalue weighted by Crippen LogP contribution is -2.32. The minimum atomic E-state index is -0.0245. The number of benzene rings is 2. The Hall–Kier alpha value is -2.29. The Balaban J connectivity index is 1.82. The van der Waals surface area contributed by atoms with Crippen LogP contribution in [0.2, 0.25) is 0 Å². The number of aryl methyl sites for hydroxylation is 2. The van der Waals surface area contributed by atoms with Crippen LogP contribution in [0.3, 0.4) is 0 Å². The van der Waals surface area contributed by atoms with Gasteiger partial charge in [0.25, 0.3) is 5.91 Å². The molecule has 0 bridgehead atoms. The molecule has 21 heavy (non-hydrogen) atoms. The Morgan fingerprint density at radius 3 is 2.62 bits per heavy atom. The van der Waals surface area contributed by atoms with Crippen LogP contribution in [0.4, 0.5) is 0 Å². The first-order valence-electron chi connectivity index (χ1n) is 7.24. The number of nitrogens with one attached hydrogen (secondary N) is 1. The van der Waals surface area contributed by atoms with Crippen molar-refractivity contribution >= 4 is 5.91 Å². The first-order valence-corrected chi connectivity index (χ1v) is 7.24. The number of para-hydroxylation sites is 1. The predicted octanol–water partition coefficient (Wildman–Crippen LogP) is 3.56. The summed E-state index contributed by atoms with van der Waals surface area (Å²) in [4.78, 5) is 12.5. The number of amides is 1. The third-order valence-corrected chi connectivity index (χ3v) is 3.75. The second-order valence-electron chi connectivity index (χ2n) is 5.58. The quantitative estimate of drug-likeness (QED) is 0.914. The van der Waals surface area contributed by atoms with Crippen LogP contribution in [0.1, 0.15) is 39.5 Å². The molecule has 1 N–H and O–H groups in total. The van der Waals surface area contributed by atoms with Gasteiger partial charge >= 0.3 is 0 Å². The second kappa shape index (κ2) is 5.60. The first kappa shape index (κ1) is 13.7. The minimum absolute atomic E-state index is 0.0169. The summed E-state index contributed by atoms with van der Waals surface area (Å²) >= 11 is 0. The maximum Gasteiger partial charge on any atom is 0.251 e. The molecule has 108 valence electrons. The number of fused-ring (bicyclic) bond motifs is 1. The van der Waals surface area contributed by atoms with Crippen LogP contribution < -0.4 is 10.1 Å². The van der Waals surface area contributed by atoms with E-state index in [0.29, 0.717) is 6.61 Å². The summed E-state index contributed by atoms with van der Waals surface area (Å²) in [6.07, 6.45) is 0.799. The Labute approximate surface area is 124 Å². The van der Waals surface area contributed by atoms with Crippen molar-refractivity contribution in [2.24, 2.45) is 0 Å². The van der Waals surface area contributed by atoms with E-state index in [1.807, 2.05) is 50.2 Å². The molecular weight excluding hydrogens is 262 g/mol. The molecule has 0 saturated heterocycles. The van der Waals surface area contributed by atoms with Gasteiger partial charge in [-0.25, -0.2) is 0 Å². The third-order valence-electron chi connectivity index (χ3n) is 3.75. The van der Waals surface area contributed by atoms with Crippen molar-refractivity contribution in [2.75, 3.05) is 6.61 Å². The minimum Gasteiger partial charge on any atom is -0.493 e. The van der Waals surface area contributed by atoms with Crippen molar-refractivity contribution < 1.29 is 9.53 Å². The Morgan fingerprint density at radius 2 is 1.86 bits per heavy atom. The Kier molecular flexibility index (Phi) is 3.65. The zero-order valence-electron chi connectivity index (χ0n) is 12.3. The SMILES string of the molecule is Cc1cc(C)cc(C(=O)NC2CCOc3ccccc32)c1. The molecule has 0 spiro atoms. The van der Waals surface area contributed by atoms with Crippen LogP contribution in [-0.2, 0) is 0 Å². The normalized spacial score (nSPS) is 16.8. The summed E-state index contributed by atoms with van der Waals surface area (Å²) in [7, 11) is 0. The lowest BCUT2D eigenvalue weighted by atomic mass is 9.99. The summed E-state index contributed by atoms with van der Waals surface area (Å²) in [6, 6.07) is 13.8. The fraction of sp³-hybridized carbons (Fsp3) is 0.278. The van der Waals surface area contributed by atoms with Crippen molar-refractivity contribution in [3.05, 3.63) is 64.7 Å². The molecule has 3 heteroatoms. The van der Waals surface area contributed by atoms with Gasteiger partial charge in [0.2, 0.25) is 0 Å². The van der Waals surface area contributed by atoms with E-state index in [4.69, 9.17) is 4.74 Å². The molecular formula is C18H19NO2. The van der Waals surface area contributed by atoms with Crippen LogP contribution >= 0.6 is 0 Å². The van der Waals surface area contributed by atoms with Gasteiger partial charge in [-0.1, -0.05) is 35.4 Å². The van der Waals surface area contributed by atoms with Crippen LogP contribution in [0.5, 0.6) is 5.75 Å². The largest absolute Gasteiger partial charge is 0.493 e. The number of carbonyl (C=O) groups is 1. The Morgan fingerprint density at radius 1 is 1.14 bits per heavy atom. The number of ether oxygens (including phenoxy) is 1. The molecule has 1 atom stereocenters. The van der Waals surface area contributed by atoms with E-state index in [1.165, 1.54) is 0 Å². The van der Waals surface area contributed by atoms with Gasteiger partial charge in [-0.15, -0.1) is 0 Å². The van der Waals surface area contributed by atoms with Crippen molar-refractivity contribution in [1.29, 1.82) is 0 Å². The molecule has 1 heterocycles. The van der Waals surface area contributed by atoms with Gasteiger partial charge in [-0.2, -0.15) is 0 Å². The van der Waals surface area contributed by atoms with Gasteiger partial charge in [-0.3, -0.25) is 4.79 Å². The van der Waals surface area contributed by atoms with E-state index in [0.717, 1.165) is 34.4 Å². The summed E-state index contributed by atoms with van der Waals surface area (Å²) in [5.74, 6) is 0.845.